The molecular weight excluding hydrogens is 538 g/mol. The molecule has 39 heavy (non-hydrogen) atoms. The molecule has 0 saturated carbocycles. The lowest BCUT2D eigenvalue weighted by molar-refractivity contribution is -0.275. The molecule has 1 aliphatic heterocycles. The second kappa shape index (κ2) is 9.75. The maximum absolute atomic E-state index is 16.0. The van der Waals surface area contributed by atoms with Gasteiger partial charge in [0, 0.05) is 17.1 Å². The topological polar surface area (TPSA) is 67.5 Å². The van der Waals surface area contributed by atoms with Gasteiger partial charge in [-0.1, -0.05) is 41.9 Å². The van der Waals surface area contributed by atoms with E-state index >= 15 is 4.39 Å². The molecule has 1 fully saturated rings. The number of nitrogens with zero attached hydrogens (tertiary/aromatic N) is 2. The van der Waals surface area contributed by atoms with E-state index in [2.05, 4.69) is 9.72 Å². The minimum Gasteiger partial charge on any atom is -0.490 e. The number of carbonyl (C=O) groups is 1. The highest BCUT2D eigenvalue weighted by atomic mass is 35.5. The Bertz CT molecular complexity index is 1570. The third-order valence-corrected chi connectivity index (χ3v) is 7.56. The molecule has 4 aromatic rings. The molecule has 1 N–H and O–H groups in total. The van der Waals surface area contributed by atoms with Gasteiger partial charge in [-0.3, -0.25) is 4.79 Å². The van der Waals surface area contributed by atoms with Crippen molar-refractivity contribution in [1.29, 1.82) is 0 Å². The third kappa shape index (κ3) is 4.67. The molecular formula is C28H24ClF4N3O3. The van der Waals surface area contributed by atoms with Gasteiger partial charge in [0.15, 0.2) is 17.3 Å². The van der Waals surface area contributed by atoms with E-state index in [9.17, 15) is 18.0 Å². The van der Waals surface area contributed by atoms with Crippen molar-refractivity contribution >= 4 is 28.5 Å². The van der Waals surface area contributed by atoms with Crippen molar-refractivity contribution in [2.45, 2.75) is 38.6 Å². The van der Waals surface area contributed by atoms with Crippen LogP contribution in [0.3, 0.4) is 0 Å². The van der Waals surface area contributed by atoms with Crippen LogP contribution in [0.4, 0.5) is 17.6 Å². The van der Waals surface area contributed by atoms with Crippen molar-refractivity contribution in [2.24, 2.45) is 0 Å². The van der Waals surface area contributed by atoms with E-state index in [0.717, 1.165) is 24.3 Å². The van der Waals surface area contributed by atoms with Crippen LogP contribution in [-0.2, 0) is 5.54 Å². The first kappa shape index (κ1) is 26.8. The zero-order chi connectivity index (χ0) is 28.1. The second-order valence-electron chi connectivity index (χ2n) is 9.55. The fourth-order valence-corrected chi connectivity index (χ4v) is 5.32. The number of alkyl halides is 3. The van der Waals surface area contributed by atoms with Gasteiger partial charge < -0.3 is 19.4 Å². The van der Waals surface area contributed by atoms with E-state index in [4.69, 9.17) is 21.3 Å². The number of nitrogens with one attached hydrogen (secondary N) is 1. The van der Waals surface area contributed by atoms with Crippen molar-refractivity contribution < 1.29 is 31.8 Å². The summed E-state index contributed by atoms with van der Waals surface area (Å²) in [5.41, 5.74) is 1.08. The summed E-state index contributed by atoms with van der Waals surface area (Å²) in [7, 11) is 1.01. The van der Waals surface area contributed by atoms with Gasteiger partial charge in [-0.15, -0.1) is 13.2 Å². The highest BCUT2D eigenvalue weighted by molar-refractivity contribution is 6.32. The van der Waals surface area contributed by atoms with Gasteiger partial charge in [0.2, 0.25) is 0 Å². The normalized spacial score (nSPS) is 17.6. The number of hydrogen-bond donors (Lipinski definition) is 1. The van der Waals surface area contributed by atoms with Gasteiger partial charge in [-0.05, 0) is 56.0 Å². The van der Waals surface area contributed by atoms with E-state index in [1.54, 1.807) is 42.5 Å². The van der Waals surface area contributed by atoms with Crippen molar-refractivity contribution in [1.82, 2.24) is 14.9 Å². The number of methoxy groups -OCH3 is 1. The Morgan fingerprint density at radius 1 is 1.18 bits per heavy atom. The van der Waals surface area contributed by atoms with E-state index in [1.807, 2.05) is 13.8 Å². The highest BCUT2D eigenvalue weighted by Gasteiger charge is 2.46. The molecule has 1 amide bonds. The molecule has 3 aromatic carbocycles. The molecule has 0 bridgehead atoms. The van der Waals surface area contributed by atoms with Gasteiger partial charge in [-0.2, -0.15) is 0 Å². The molecule has 2 heterocycles. The molecule has 6 nitrogen and oxygen atoms in total. The number of aromatic amines is 1. The number of aromatic nitrogens is 2. The summed E-state index contributed by atoms with van der Waals surface area (Å²) in [5.74, 6) is -3.15. The number of benzene rings is 3. The summed E-state index contributed by atoms with van der Waals surface area (Å²) in [6.45, 7) is 3.95. The zero-order valence-electron chi connectivity index (χ0n) is 21.2. The summed E-state index contributed by atoms with van der Waals surface area (Å²) in [6, 6.07) is 12.6. The number of halogens is 5. The number of fused-ring (bicyclic) bond motifs is 1. The van der Waals surface area contributed by atoms with Gasteiger partial charge >= 0.3 is 6.36 Å². The van der Waals surface area contributed by atoms with Crippen LogP contribution >= 0.6 is 11.6 Å². The van der Waals surface area contributed by atoms with Crippen LogP contribution in [0.5, 0.6) is 11.5 Å². The largest absolute Gasteiger partial charge is 0.573 e. The van der Waals surface area contributed by atoms with Crippen molar-refractivity contribution in [3.63, 3.8) is 0 Å². The average Bonchev–Trinajstić information content (AvgIpc) is 3.51. The Kier molecular flexibility index (Phi) is 6.70. The Hall–Kier alpha value is -3.79. The average molecular weight is 562 g/mol. The van der Waals surface area contributed by atoms with Crippen molar-refractivity contribution in [2.75, 3.05) is 13.7 Å². The summed E-state index contributed by atoms with van der Waals surface area (Å²) in [5, 5.41) is 0.549. The van der Waals surface area contributed by atoms with Crippen LogP contribution in [-0.4, -0.2) is 40.8 Å². The Balaban J connectivity index is 1.67. The van der Waals surface area contributed by atoms with Crippen LogP contribution in [0.1, 0.15) is 41.5 Å². The molecule has 1 aromatic heterocycles. The number of ether oxygens (including phenoxy) is 2. The standard InChI is InChI=1S/C28H24ClF4N3O3/c1-15-18(29)10-11-19-23(15)35-26(34-19)27(2)12-7-13-36(27)25(37)21-17(16-8-5-4-6-9-16)14-20(39-28(31,32)33)24(38-3)22(21)30/h4-6,8-11,14H,7,12-13H2,1-3H3,(H,34,35)/t27-/m0/s1. The van der Waals surface area contributed by atoms with Gasteiger partial charge in [0.25, 0.3) is 5.91 Å². The van der Waals surface area contributed by atoms with Gasteiger partial charge in [0.05, 0.1) is 29.2 Å². The summed E-state index contributed by atoms with van der Waals surface area (Å²) in [6.07, 6.45) is -3.97. The molecule has 5 rings (SSSR count). The SMILES string of the molecule is COc1c(OC(F)(F)F)cc(-c2ccccc2)c(C(=O)N2CCC[C@@]2(C)c2nc3c(C)c(Cl)ccc3[nH]2)c1F. The first-order chi connectivity index (χ1) is 18.4. The minimum absolute atomic E-state index is 0.0559. The molecule has 1 atom stereocenters. The molecule has 1 saturated heterocycles. The van der Waals surface area contributed by atoms with Crippen LogP contribution in [0.2, 0.25) is 5.02 Å². The number of rotatable bonds is 5. The number of hydrogen-bond acceptors (Lipinski definition) is 4. The number of amides is 1. The van der Waals surface area contributed by atoms with E-state index in [0.29, 0.717) is 34.8 Å². The van der Waals surface area contributed by atoms with Crippen LogP contribution < -0.4 is 9.47 Å². The molecule has 0 aliphatic carbocycles. The molecule has 0 radical (unpaired) electrons. The molecule has 11 heteroatoms. The minimum atomic E-state index is -5.10. The first-order valence-electron chi connectivity index (χ1n) is 12.1. The lowest BCUT2D eigenvalue weighted by Gasteiger charge is -2.34. The third-order valence-electron chi connectivity index (χ3n) is 7.15. The first-order valence-corrected chi connectivity index (χ1v) is 12.5. The lowest BCUT2D eigenvalue weighted by Crippen LogP contribution is -2.44. The molecule has 204 valence electrons. The zero-order valence-corrected chi connectivity index (χ0v) is 22.0. The number of imidazole rings is 1. The maximum Gasteiger partial charge on any atom is 0.573 e. The van der Waals surface area contributed by atoms with Crippen LogP contribution in [0, 0.1) is 12.7 Å². The number of H-pyrrole nitrogens is 1. The Morgan fingerprint density at radius 3 is 2.56 bits per heavy atom. The van der Waals surface area contributed by atoms with E-state index < -0.39 is 40.7 Å². The summed E-state index contributed by atoms with van der Waals surface area (Å²) < 4.78 is 64.6. The number of aryl methyl sites for hydroxylation is 1. The maximum atomic E-state index is 16.0. The fraction of sp³-hybridized carbons (Fsp3) is 0.286. The van der Waals surface area contributed by atoms with Crippen molar-refractivity contribution in [3.05, 3.63) is 76.3 Å². The molecule has 0 spiro atoms. The Labute approximate surface area is 226 Å². The second-order valence-corrected chi connectivity index (χ2v) is 9.95. The number of carbonyl (C=O) groups excluding carboxylic acids is 1. The van der Waals surface area contributed by atoms with Gasteiger partial charge in [0.1, 0.15) is 5.82 Å². The van der Waals surface area contributed by atoms with Crippen LogP contribution in [0.25, 0.3) is 22.2 Å². The molecule has 1 aliphatic rings. The predicted molar refractivity (Wildman–Crippen MR) is 139 cm³/mol. The smallest absolute Gasteiger partial charge is 0.490 e. The highest BCUT2D eigenvalue weighted by Crippen LogP contribution is 2.45. The lowest BCUT2D eigenvalue weighted by atomic mass is 9.94. The quantitative estimate of drug-likeness (QED) is 0.258. The molecule has 0 unspecified atom stereocenters. The Morgan fingerprint density at radius 2 is 1.90 bits per heavy atom. The van der Waals surface area contributed by atoms with Crippen molar-refractivity contribution in [3.8, 4) is 22.6 Å². The van der Waals surface area contributed by atoms with E-state index in [1.165, 1.54) is 4.90 Å². The summed E-state index contributed by atoms with van der Waals surface area (Å²) in [4.78, 5) is 23.7. The summed E-state index contributed by atoms with van der Waals surface area (Å²) >= 11 is 6.27. The van der Waals surface area contributed by atoms with Gasteiger partial charge in [-0.25, -0.2) is 9.37 Å². The predicted octanol–water partition coefficient (Wildman–Crippen LogP) is 7.39. The number of likely N-dealkylation sites (tertiary alicyclic amines) is 1. The van der Waals surface area contributed by atoms with E-state index in [-0.39, 0.29) is 12.1 Å². The monoisotopic (exact) mass is 561 g/mol. The fourth-order valence-electron chi connectivity index (χ4n) is 5.17. The van der Waals surface area contributed by atoms with Crippen LogP contribution in [0.15, 0.2) is 48.5 Å².